The summed E-state index contributed by atoms with van der Waals surface area (Å²) in [5.41, 5.74) is 3.16. The highest BCUT2D eigenvalue weighted by Crippen LogP contribution is 2.47. The Hall–Kier alpha value is -1.31. The number of benzene rings is 1. The summed E-state index contributed by atoms with van der Waals surface area (Å²) < 4.78 is 0. The smallest absolute Gasteiger partial charge is 0.223 e. The Bertz CT molecular complexity index is 691. The zero-order valence-electron chi connectivity index (χ0n) is 17.0. The van der Waals surface area contributed by atoms with Crippen LogP contribution in [0.5, 0.6) is 0 Å². The van der Waals surface area contributed by atoms with Crippen molar-refractivity contribution in [3.63, 3.8) is 0 Å². The number of nitrogens with zero attached hydrogens (tertiary/aromatic N) is 3. The molecule has 1 N–H and O–H groups in total. The number of carbonyl (C=O) groups is 1. The zero-order chi connectivity index (χ0) is 18.7. The molecule has 2 aliphatic heterocycles. The number of nitrogens with one attached hydrogen (secondary N) is 1. The first-order valence-corrected chi connectivity index (χ1v) is 10.6. The van der Waals surface area contributed by atoms with E-state index in [-0.39, 0.29) is 29.9 Å². The minimum Gasteiger partial charge on any atom is -0.357 e. The monoisotopic (exact) mass is 496 g/mol. The number of hydrogen-bond acceptors (Lipinski definition) is 2. The van der Waals surface area contributed by atoms with Crippen molar-refractivity contribution in [1.29, 1.82) is 0 Å². The fourth-order valence-corrected chi connectivity index (χ4v) is 4.71. The largest absolute Gasteiger partial charge is 0.357 e. The van der Waals surface area contributed by atoms with E-state index < -0.39 is 0 Å². The highest BCUT2D eigenvalue weighted by atomic mass is 127. The molecule has 5 nitrogen and oxygen atoms in total. The molecular weight excluding hydrogens is 463 g/mol. The average molecular weight is 496 g/mol. The lowest BCUT2D eigenvalue weighted by Crippen LogP contribution is -2.42. The summed E-state index contributed by atoms with van der Waals surface area (Å²) in [6.45, 7) is 7.54. The number of hydrogen-bond donors (Lipinski definition) is 1. The highest BCUT2D eigenvalue weighted by Gasteiger charge is 2.43. The lowest BCUT2D eigenvalue weighted by molar-refractivity contribution is -0.131. The van der Waals surface area contributed by atoms with Gasteiger partial charge < -0.3 is 15.1 Å². The summed E-state index contributed by atoms with van der Waals surface area (Å²) in [4.78, 5) is 21.7. The van der Waals surface area contributed by atoms with Crippen molar-refractivity contribution in [2.24, 2.45) is 10.4 Å². The molecule has 154 valence electrons. The van der Waals surface area contributed by atoms with E-state index >= 15 is 0 Å². The quantitative estimate of drug-likeness (QED) is 0.292. The molecule has 0 unspecified atom stereocenters. The van der Waals surface area contributed by atoms with Crippen LogP contribution < -0.4 is 5.32 Å². The van der Waals surface area contributed by atoms with Crippen molar-refractivity contribution in [2.45, 2.75) is 58.5 Å². The van der Waals surface area contributed by atoms with Gasteiger partial charge in [0.05, 0.1) is 0 Å². The van der Waals surface area contributed by atoms with Crippen LogP contribution in [0.3, 0.4) is 0 Å². The van der Waals surface area contributed by atoms with Gasteiger partial charge in [0.2, 0.25) is 5.91 Å². The lowest BCUT2D eigenvalue weighted by Gasteiger charge is -2.38. The van der Waals surface area contributed by atoms with E-state index in [1.165, 1.54) is 36.8 Å². The highest BCUT2D eigenvalue weighted by molar-refractivity contribution is 14.0. The molecule has 0 radical (unpaired) electrons. The van der Waals surface area contributed by atoms with E-state index in [0.29, 0.717) is 11.8 Å². The predicted octanol–water partition coefficient (Wildman–Crippen LogP) is 3.77. The summed E-state index contributed by atoms with van der Waals surface area (Å²) >= 11 is 0. The fraction of sp³-hybridized carbons (Fsp3) is 0.636. The minimum atomic E-state index is 0. The van der Waals surface area contributed by atoms with Gasteiger partial charge in [-0.15, -0.1) is 24.0 Å². The zero-order valence-corrected chi connectivity index (χ0v) is 19.3. The molecule has 1 aliphatic carbocycles. The Morgan fingerprint density at radius 1 is 1.14 bits per heavy atom. The van der Waals surface area contributed by atoms with Crippen LogP contribution in [-0.4, -0.2) is 47.8 Å². The lowest BCUT2D eigenvalue weighted by atomic mass is 9.68. The fourth-order valence-electron chi connectivity index (χ4n) is 4.71. The van der Waals surface area contributed by atoms with Crippen molar-refractivity contribution >= 4 is 35.8 Å². The Morgan fingerprint density at radius 3 is 2.43 bits per heavy atom. The van der Waals surface area contributed by atoms with Crippen LogP contribution in [0.25, 0.3) is 0 Å². The number of amides is 1. The number of carbonyl (C=O) groups excluding carboxylic acids is 1. The maximum absolute atomic E-state index is 12.5. The molecule has 4 rings (SSSR count). The van der Waals surface area contributed by atoms with Crippen molar-refractivity contribution in [1.82, 2.24) is 15.1 Å². The van der Waals surface area contributed by atoms with Gasteiger partial charge in [0.25, 0.3) is 0 Å². The summed E-state index contributed by atoms with van der Waals surface area (Å²) in [7, 11) is 0. The Kier molecular flexibility index (Phi) is 7.23. The average Bonchev–Trinajstić information content (AvgIpc) is 3.28. The molecule has 1 aromatic rings. The van der Waals surface area contributed by atoms with Gasteiger partial charge in [0.15, 0.2) is 5.96 Å². The van der Waals surface area contributed by atoms with Gasteiger partial charge in [-0.2, -0.15) is 0 Å². The molecule has 1 amide bonds. The van der Waals surface area contributed by atoms with Gasteiger partial charge in [-0.25, -0.2) is 0 Å². The van der Waals surface area contributed by atoms with Crippen LogP contribution >= 0.6 is 24.0 Å². The van der Waals surface area contributed by atoms with Gasteiger partial charge in [0.1, 0.15) is 0 Å². The van der Waals surface area contributed by atoms with Gasteiger partial charge in [-0.3, -0.25) is 9.79 Å². The van der Waals surface area contributed by atoms with Crippen molar-refractivity contribution in [2.75, 3.05) is 26.2 Å². The maximum Gasteiger partial charge on any atom is 0.223 e. The molecule has 1 aromatic carbocycles. The number of fused-ring (bicyclic) bond motifs is 1. The van der Waals surface area contributed by atoms with E-state index in [2.05, 4.69) is 41.4 Å². The molecule has 0 aromatic heterocycles. The number of guanidine groups is 1. The van der Waals surface area contributed by atoms with E-state index in [1.54, 1.807) is 0 Å². The Labute approximate surface area is 186 Å². The summed E-state index contributed by atoms with van der Waals surface area (Å²) in [5, 5.41) is 3.45. The molecule has 2 heterocycles. The van der Waals surface area contributed by atoms with Crippen LogP contribution in [-0.2, 0) is 17.9 Å². The molecule has 6 heteroatoms. The van der Waals surface area contributed by atoms with Crippen molar-refractivity contribution in [3.05, 3.63) is 35.4 Å². The van der Waals surface area contributed by atoms with E-state index in [0.717, 1.165) is 51.6 Å². The van der Waals surface area contributed by atoms with Gasteiger partial charge in [-0.1, -0.05) is 30.7 Å². The number of rotatable bonds is 5. The van der Waals surface area contributed by atoms with Gasteiger partial charge >= 0.3 is 0 Å². The topological polar surface area (TPSA) is 47.9 Å². The van der Waals surface area contributed by atoms with E-state index in [1.807, 2.05) is 4.90 Å². The first-order chi connectivity index (χ1) is 13.2. The molecule has 2 fully saturated rings. The molecular formula is C22H33IN4O. The molecule has 28 heavy (non-hydrogen) atoms. The van der Waals surface area contributed by atoms with Crippen LogP contribution in [0.2, 0.25) is 0 Å². The van der Waals surface area contributed by atoms with Gasteiger partial charge in [0, 0.05) is 45.7 Å². The maximum atomic E-state index is 12.5. The molecule has 1 saturated carbocycles. The van der Waals surface area contributed by atoms with Crippen LogP contribution in [0.15, 0.2) is 29.3 Å². The second-order valence-corrected chi connectivity index (χ2v) is 8.38. The third-order valence-corrected chi connectivity index (χ3v) is 6.49. The third kappa shape index (κ3) is 4.63. The van der Waals surface area contributed by atoms with Crippen molar-refractivity contribution < 1.29 is 4.79 Å². The normalized spacial score (nSPS) is 20.0. The molecule has 1 spiro atoms. The van der Waals surface area contributed by atoms with Crippen molar-refractivity contribution in [3.8, 4) is 0 Å². The van der Waals surface area contributed by atoms with E-state index in [4.69, 9.17) is 4.99 Å². The predicted molar refractivity (Wildman–Crippen MR) is 124 cm³/mol. The second kappa shape index (κ2) is 9.46. The number of likely N-dealkylation sites (tertiary alicyclic amines) is 1. The summed E-state index contributed by atoms with van der Waals surface area (Å²) in [6, 6.07) is 8.35. The first kappa shape index (κ1) is 21.4. The number of halogens is 1. The summed E-state index contributed by atoms with van der Waals surface area (Å²) in [6.07, 6.45) is 6.88. The second-order valence-electron chi connectivity index (χ2n) is 8.38. The standard InChI is InChI=1S/C22H32N4O.HI/c1-2-23-21(25-14-12-22(17-25)10-6-11-22)24-13-5-9-20(27)26-15-18-7-3-4-8-19(18)16-26;/h3-4,7-8H,2,5-6,9-17H2,1H3,(H,23,24);1H. The molecule has 3 aliphatic rings. The molecule has 0 atom stereocenters. The molecule has 0 bridgehead atoms. The van der Waals surface area contributed by atoms with Gasteiger partial charge in [-0.05, 0) is 49.1 Å². The minimum absolute atomic E-state index is 0. The molecule has 1 saturated heterocycles. The Morgan fingerprint density at radius 2 is 1.86 bits per heavy atom. The van der Waals surface area contributed by atoms with Crippen LogP contribution in [0.4, 0.5) is 0 Å². The first-order valence-electron chi connectivity index (χ1n) is 10.6. The third-order valence-electron chi connectivity index (χ3n) is 6.49. The van der Waals surface area contributed by atoms with Crippen LogP contribution in [0.1, 0.15) is 56.6 Å². The summed E-state index contributed by atoms with van der Waals surface area (Å²) in [5.74, 6) is 1.29. The van der Waals surface area contributed by atoms with Crippen LogP contribution in [0, 0.1) is 5.41 Å². The SMILES string of the molecule is CCNC(=NCCCC(=O)N1Cc2ccccc2C1)N1CCC2(CCC2)C1.I. The van der Waals surface area contributed by atoms with E-state index in [9.17, 15) is 4.79 Å². The number of aliphatic imine (C=N–C) groups is 1. The Balaban J connectivity index is 0.00000225.